The molecule has 0 saturated carbocycles. The van der Waals surface area contributed by atoms with E-state index in [0.717, 1.165) is 33.7 Å². The lowest BCUT2D eigenvalue weighted by Gasteiger charge is -2.51. The molecule has 44 heavy (non-hydrogen) atoms. The third kappa shape index (κ3) is 6.27. The van der Waals surface area contributed by atoms with E-state index in [4.69, 9.17) is 4.74 Å². The Hall–Kier alpha value is -4.42. The second-order valence-corrected chi connectivity index (χ2v) is 13.0. The van der Waals surface area contributed by atoms with Crippen molar-refractivity contribution in [3.8, 4) is 16.9 Å². The normalized spacial score (nSPS) is 18.0. The number of hydrogen-bond acceptors (Lipinski definition) is 4. The van der Waals surface area contributed by atoms with E-state index in [9.17, 15) is 9.59 Å². The maximum Gasteiger partial charge on any atom is 0.255 e. The molecule has 4 aromatic carbocycles. The molecule has 1 heterocycles. The molecule has 5 rings (SSSR count). The summed E-state index contributed by atoms with van der Waals surface area (Å²) in [4.78, 5) is 30.3. The van der Waals surface area contributed by atoms with Crippen molar-refractivity contribution in [3.05, 3.63) is 114 Å². The molecule has 228 valence electrons. The predicted molar refractivity (Wildman–Crippen MR) is 180 cm³/mol. The lowest BCUT2D eigenvalue weighted by molar-refractivity contribution is -0.117. The molecule has 1 aliphatic heterocycles. The van der Waals surface area contributed by atoms with Crippen molar-refractivity contribution >= 4 is 23.2 Å². The van der Waals surface area contributed by atoms with Gasteiger partial charge in [0.25, 0.3) is 5.91 Å². The molecule has 1 N–H and O–H groups in total. The summed E-state index contributed by atoms with van der Waals surface area (Å²) in [5, 5.41) is 3.10. The van der Waals surface area contributed by atoms with E-state index in [-0.39, 0.29) is 11.8 Å². The predicted octanol–water partition coefficient (Wildman–Crippen LogP) is 7.78. The number of amides is 2. The first kappa shape index (κ1) is 31.0. The second-order valence-electron chi connectivity index (χ2n) is 13.0. The second kappa shape index (κ2) is 12.3. The third-order valence-corrected chi connectivity index (χ3v) is 8.91. The SMILES string of the molecule is CC(=O)N1c2ccc(NC(=O)c3ccc(-c4ccccc4)cc3)cc2C(C)(c2ccc(OCC(C)N(C)C)cc2)CC1(C)C. The average molecular weight is 590 g/mol. The first-order chi connectivity index (χ1) is 20.9. The third-order valence-electron chi connectivity index (χ3n) is 8.91. The minimum Gasteiger partial charge on any atom is -0.492 e. The number of anilines is 2. The molecular weight excluding hydrogens is 546 g/mol. The number of hydrogen-bond donors (Lipinski definition) is 1. The van der Waals surface area contributed by atoms with Crippen LogP contribution in [0.15, 0.2) is 97.1 Å². The zero-order chi connectivity index (χ0) is 31.6. The van der Waals surface area contributed by atoms with Crippen LogP contribution < -0.4 is 15.0 Å². The van der Waals surface area contributed by atoms with Gasteiger partial charge in [-0.15, -0.1) is 0 Å². The Labute approximate surface area is 261 Å². The van der Waals surface area contributed by atoms with Crippen molar-refractivity contribution in [1.29, 1.82) is 0 Å². The lowest BCUT2D eigenvalue weighted by Crippen LogP contribution is -2.55. The number of fused-ring (bicyclic) bond motifs is 1. The number of rotatable bonds is 8. The number of likely N-dealkylation sites (N-methyl/N-ethyl adjacent to an activating group) is 1. The standard InChI is InChI=1S/C38H43N3O3/c1-26(40(6)7)24-44-33-20-17-31(18-21-33)38(5)25-37(3,4)41(27(2)42)35-22-19-32(23-34(35)38)39-36(43)30-15-13-29(14-16-30)28-11-9-8-10-12-28/h8-23,26H,24-25H2,1-7H3,(H,39,43). The van der Waals surface area contributed by atoms with Gasteiger partial charge in [-0.25, -0.2) is 0 Å². The van der Waals surface area contributed by atoms with Crippen LogP contribution in [0.5, 0.6) is 5.75 Å². The van der Waals surface area contributed by atoms with Crippen LogP contribution in [0.3, 0.4) is 0 Å². The monoisotopic (exact) mass is 589 g/mol. The van der Waals surface area contributed by atoms with Crippen molar-refractivity contribution in [2.75, 3.05) is 30.9 Å². The van der Waals surface area contributed by atoms with Gasteiger partial charge in [-0.3, -0.25) is 9.59 Å². The molecule has 2 atom stereocenters. The van der Waals surface area contributed by atoms with Crippen molar-refractivity contribution in [1.82, 2.24) is 4.90 Å². The maximum atomic E-state index is 13.3. The van der Waals surface area contributed by atoms with Crippen LogP contribution >= 0.6 is 0 Å². The Bertz CT molecular complexity index is 1630. The first-order valence-corrected chi connectivity index (χ1v) is 15.2. The molecule has 2 amide bonds. The number of carbonyl (C=O) groups is 2. The fourth-order valence-corrected chi connectivity index (χ4v) is 6.40. The smallest absolute Gasteiger partial charge is 0.255 e. The highest BCUT2D eigenvalue weighted by molar-refractivity contribution is 6.05. The minimum atomic E-state index is -0.421. The van der Waals surface area contributed by atoms with Crippen LogP contribution in [0.1, 0.15) is 62.5 Å². The largest absolute Gasteiger partial charge is 0.492 e. The summed E-state index contributed by atoms with van der Waals surface area (Å²) in [5.41, 5.74) is 5.58. The van der Waals surface area contributed by atoms with Gasteiger partial charge >= 0.3 is 0 Å². The van der Waals surface area contributed by atoms with Gasteiger partial charge in [0.15, 0.2) is 0 Å². The van der Waals surface area contributed by atoms with E-state index in [2.05, 4.69) is 62.2 Å². The molecule has 4 aromatic rings. The van der Waals surface area contributed by atoms with E-state index < -0.39 is 11.0 Å². The number of nitrogens with zero attached hydrogens (tertiary/aromatic N) is 2. The van der Waals surface area contributed by atoms with E-state index in [1.54, 1.807) is 6.92 Å². The molecule has 0 spiro atoms. The highest BCUT2D eigenvalue weighted by Crippen LogP contribution is 2.51. The Morgan fingerprint density at radius 3 is 2.14 bits per heavy atom. The van der Waals surface area contributed by atoms with E-state index >= 15 is 0 Å². The van der Waals surface area contributed by atoms with Gasteiger partial charge in [-0.2, -0.15) is 0 Å². The highest BCUT2D eigenvalue weighted by Gasteiger charge is 2.47. The van der Waals surface area contributed by atoms with E-state index in [0.29, 0.717) is 30.3 Å². The van der Waals surface area contributed by atoms with E-state index in [1.807, 2.05) is 91.8 Å². The van der Waals surface area contributed by atoms with Crippen molar-refractivity contribution < 1.29 is 14.3 Å². The topological polar surface area (TPSA) is 61.9 Å². The van der Waals surface area contributed by atoms with Gasteiger partial charge < -0.3 is 19.9 Å². The van der Waals surface area contributed by atoms with E-state index in [1.165, 1.54) is 0 Å². The molecule has 6 nitrogen and oxygen atoms in total. The van der Waals surface area contributed by atoms with Gasteiger partial charge in [0.05, 0.1) is 0 Å². The maximum absolute atomic E-state index is 13.3. The van der Waals surface area contributed by atoms with Crippen molar-refractivity contribution in [2.45, 2.75) is 58.0 Å². The van der Waals surface area contributed by atoms with Gasteiger partial charge in [0.1, 0.15) is 12.4 Å². The number of nitrogens with one attached hydrogen (secondary N) is 1. The molecule has 0 radical (unpaired) electrons. The molecule has 0 saturated heterocycles. The van der Waals surface area contributed by atoms with Crippen LogP contribution in [0, 0.1) is 0 Å². The minimum absolute atomic E-state index is 0.00708. The molecule has 0 bridgehead atoms. The number of ether oxygens (including phenoxy) is 1. The van der Waals surface area contributed by atoms with Crippen LogP contribution in [0.2, 0.25) is 0 Å². The van der Waals surface area contributed by atoms with Crippen molar-refractivity contribution in [3.63, 3.8) is 0 Å². The summed E-state index contributed by atoms with van der Waals surface area (Å²) in [5.74, 6) is 0.637. The van der Waals surface area contributed by atoms with Gasteiger partial charge in [-0.1, -0.05) is 61.5 Å². The molecule has 6 heteroatoms. The molecule has 0 aliphatic carbocycles. The van der Waals surface area contributed by atoms with Gasteiger partial charge in [0, 0.05) is 40.9 Å². The molecule has 2 unspecified atom stereocenters. The summed E-state index contributed by atoms with van der Waals surface area (Å²) < 4.78 is 6.06. The lowest BCUT2D eigenvalue weighted by atomic mass is 9.65. The van der Waals surface area contributed by atoms with Crippen molar-refractivity contribution in [2.24, 2.45) is 0 Å². The fourth-order valence-electron chi connectivity index (χ4n) is 6.40. The fraction of sp³-hybridized carbons (Fsp3) is 0.316. The Kier molecular flexibility index (Phi) is 8.66. The van der Waals surface area contributed by atoms with Crippen LogP contribution in [-0.4, -0.2) is 49.0 Å². The molecule has 0 aromatic heterocycles. The average Bonchev–Trinajstić information content (AvgIpc) is 3.00. The van der Waals surface area contributed by atoms with Crippen LogP contribution in [0.25, 0.3) is 11.1 Å². The molecule has 1 aliphatic rings. The molecular formula is C38H43N3O3. The Balaban J connectivity index is 1.45. The van der Waals surface area contributed by atoms with Gasteiger partial charge in [-0.05, 0) is 106 Å². The zero-order valence-electron chi connectivity index (χ0n) is 26.8. The summed E-state index contributed by atoms with van der Waals surface area (Å²) in [6.07, 6.45) is 0.711. The quantitative estimate of drug-likeness (QED) is 0.228. The first-order valence-electron chi connectivity index (χ1n) is 15.2. The summed E-state index contributed by atoms with van der Waals surface area (Å²) in [6.45, 7) is 10.8. The summed E-state index contributed by atoms with van der Waals surface area (Å²) in [6, 6.07) is 32.2. The summed E-state index contributed by atoms with van der Waals surface area (Å²) >= 11 is 0. The van der Waals surface area contributed by atoms with Crippen LogP contribution in [0.4, 0.5) is 11.4 Å². The summed E-state index contributed by atoms with van der Waals surface area (Å²) in [7, 11) is 4.09. The molecule has 0 fully saturated rings. The zero-order valence-corrected chi connectivity index (χ0v) is 26.8. The number of benzene rings is 4. The Morgan fingerprint density at radius 2 is 1.52 bits per heavy atom. The number of carbonyl (C=O) groups excluding carboxylic acids is 2. The van der Waals surface area contributed by atoms with Crippen LogP contribution in [-0.2, 0) is 10.2 Å². The Morgan fingerprint density at radius 1 is 0.886 bits per heavy atom. The van der Waals surface area contributed by atoms with Gasteiger partial charge in [0.2, 0.25) is 5.91 Å². The highest BCUT2D eigenvalue weighted by atomic mass is 16.5.